The summed E-state index contributed by atoms with van der Waals surface area (Å²) in [6.45, 7) is 3.28. The standard InChI is InChI=1S/C15H24N2O/c1-15(10-6-9-14(15)16)11-17(2)12-7-4-5-8-13(12)18-3/h4-5,7-8,14H,6,9-11,16H2,1-3H3. The molecular weight excluding hydrogens is 224 g/mol. The van der Waals surface area contributed by atoms with Gasteiger partial charge in [0.15, 0.2) is 0 Å². The van der Waals surface area contributed by atoms with Gasteiger partial charge in [-0.3, -0.25) is 0 Å². The number of nitrogens with zero attached hydrogens (tertiary/aromatic N) is 1. The van der Waals surface area contributed by atoms with Gasteiger partial charge in [0.25, 0.3) is 0 Å². The van der Waals surface area contributed by atoms with E-state index < -0.39 is 0 Å². The second-order valence-corrected chi connectivity index (χ2v) is 5.68. The molecule has 1 aliphatic carbocycles. The van der Waals surface area contributed by atoms with Crippen LogP contribution < -0.4 is 15.4 Å². The molecule has 0 aliphatic heterocycles. The minimum Gasteiger partial charge on any atom is -0.495 e. The third-order valence-corrected chi connectivity index (χ3v) is 4.25. The van der Waals surface area contributed by atoms with E-state index in [0.717, 1.165) is 24.4 Å². The Morgan fingerprint density at radius 2 is 2.17 bits per heavy atom. The number of anilines is 1. The Hall–Kier alpha value is -1.22. The van der Waals surface area contributed by atoms with Gasteiger partial charge in [0.05, 0.1) is 12.8 Å². The second kappa shape index (κ2) is 5.19. The summed E-state index contributed by atoms with van der Waals surface area (Å²) in [4.78, 5) is 2.27. The molecule has 2 atom stereocenters. The predicted molar refractivity (Wildman–Crippen MR) is 76.2 cm³/mol. The van der Waals surface area contributed by atoms with Gasteiger partial charge in [-0.05, 0) is 25.0 Å². The van der Waals surface area contributed by atoms with Crippen LogP contribution in [0.2, 0.25) is 0 Å². The first-order valence-corrected chi connectivity index (χ1v) is 6.66. The summed E-state index contributed by atoms with van der Waals surface area (Å²) >= 11 is 0. The zero-order valence-electron chi connectivity index (χ0n) is 11.6. The molecule has 1 aromatic rings. The first-order chi connectivity index (χ1) is 8.57. The van der Waals surface area contributed by atoms with E-state index in [9.17, 15) is 0 Å². The number of nitrogens with two attached hydrogens (primary N) is 1. The molecule has 1 aromatic carbocycles. The highest BCUT2D eigenvalue weighted by atomic mass is 16.5. The first kappa shape index (κ1) is 13.2. The summed E-state index contributed by atoms with van der Waals surface area (Å²) in [5.41, 5.74) is 7.61. The van der Waals surface area contributed by atoms with E-state index in [0.29, 0.717) is 6.04 Å². The number of para-hydroxylation sites is 2. The first-order valence-electron chi connectivity index (χ1n) is 6.66. The lowest BCUT2D eigenvalue weighted by molar-refractivity contribution is 0.300. The van der Waals surface area contributed by atoms with Crippen LogP contribution in [-0.4, -0.2) is 26.7 Å². The van der Waals surface area contributed by atoms with Crippen LogP contribution in [0.1, 0.15) is 26.2 Å². The van der Waals surface area contributed by atoms with Crippen LogP contribution in [0.3, 0.4) is 0 Å². The van der Waals surface area contributed by atoms with Gasteiger partial charge in [0, 0.05) is 25.0 Å². The molecule has 1 saturated carbocycles. The molecule has 0 aromatic heterocycles. The Morgan fingerprint density at radius 3 is 2.78 bits per heavy atom. The van der Waals surface area contributed by atoms with Crippen molar-refractivity contribution >= 4 is 5.69 Å². The summed E-state index contributed by atoms with van der Waals surface area (Å²) in [5.74, 6) is 0.926. The Kier molecular flexibility index (Phi) is 3.81. The molecule has 100 valence electrons. The number of methoxy groups -OCH3 is 1. The number of benzene rings is 1. The maximum Gasteiger partial charge on any atom is 0.142 e. The van der Waals surface area contributed by atoms with Crippen LogP contribution in [0.5, 0.6) is 5.75 Å². The fraction of sp³-hybridized carbons (Fsp3) is 0.600. The highest BCUT2D eigenvalue weighted by Gasteiger charge is 2.37. The quantitative estimate of drug-likeness (QED) is 0.890. The molecule has 0 amide bonds. The lowest BCUT2D eigenvalue weighted by atomic mass is 9.84. The molecule has 1 fully saturated rings. The Balaban J connectivity index is 2.14. The van der Waals surface area contributed by atoms with Crippen LogP contribution in [0.4, 0.5) is 5.69 Å². The maximum absolute atomic E-state index is 6.25. The van der Waals surface area contributed by atoms with Gasteiger partial charge in [-0.1, -0.05) is 25.5 Å². The van der Waals surface area contributed by atoms with Crippen LogP contribution >= 0.6 is 0 Å². The SMILES string of the molecule is COc1ccccc1N(C)CC1(C)CCCC1N. The van der Waals surface area contributed by atoms with Crippen LogP contribution in [0, 0.1) is 5.41 Å². The van der Waals surface area contributed by atoms with Crippen molar-refractivity contribution in [2.75, 3.05) is 25.6 Å². The van der Waals surface area contributed by atoms with Crippen LogP contribution in [0.15, 0.2) is 24.3 Å². The molecule has 1 aliphatic rings. The normalized spacial score (nSPS) is 27.2. The van der Waals surface area contributed by atoms with Gasteiger partial charge in [-0.15, -0.1) is 0 Å². The van der Waals surface area contributed by atoms with E-state index >= 15 is 0 Å². The fourth-order valence-electron chi connectivity index (χ4n) is 3.03. The lowest BCUT2D eigenvalue weighted by Gasteiger charge is -2.35. The van der Waals surface area contributed by atoms with Crippen molar-refractivity contribution in [1.82, 2.24) is 0 Å². The molecule has 2 rings (SSSR count). The smallest absolute Gasteiger partial charge is 0.142 e. The van der Waals surface area contributed by atoms with Crippen molar-refractivity contribution in [3.63, 3.8) is 0 Å². The minimum atomic E-state index is 0.218. The summed E-state index contributed by atoms with van der Waals surface area (Å²) < 4.78 is 5.42. The zero-order valence-corrected chi connectivity index (χ0v) is 11.6. The van der Waals surface area contributed by atoms with Crippen molar-refractivity contribution in [2.45, 2.75) is 32.2 Å². The average Bonchev–Trinajstić information content (AvgIpc) is 2.69. The molecule has 2 N–H and O–H groups in total. The van der Waals surface area contributed by atoms with E-state index in [2.05, 4.69) is 24.9 Å². The molecule has 3 heteroatoms. The van der Waals surface area contributed by atoms with Crippen molar-refractivity contribution in [3.05, 3.63) is 24.3 Å². The van der Waals surface area contributed by atoms with Gasteiger partial charge >= 0.3 is 0 Å². The third-order valence-electron chi connectivity index (χ3n) is 4.25. The number of hydrogen-bond acceptors (Lipinski definition) is 3. The molecule has 2 unspecified atom stereocenters. The molecular formula is C15H24N2O. The van der Waals surface area contributed by atoms with Gasteiger partial charge in [0.1, 0.15) is 5.75 Å². The minimum absolute atomic E-state index is 0.218. The Morgan fingerprint density at radius 1 is 1.44 bits per heavy atom. The number of hydrogen-bond donors (Lipinski definition) is 1. The molecule has 0 bridgehead atoms. The maximum atomic E-state index is 6.25. The van der Waals surface area contributed by atoms with E-state index in [1.165, 1.54) is 12.8 Å². The summed E-state index contributed by atoms with van der Waals surface area (Å²) in [6, 6.07) is 8.46. The summed E-state index contributed by atoms with van der Waals surface area (Å²) in [6.07, 6.45) is 3.61. The van der Waals surface area contributed by atoms with Crippen molar-refractivity contribution in [2.24, 2.45) is 11.1 Å². The lowest BCUT2D eigenvalue weighted by Crippen LogP contribution is -2.43. The Bertz CT molecular complexity index is 407. The fourth-order valence-corrected chi connectivity index (χ4v) is 3.03. The third kappa shape index (κ3) is 2.46. The molecule has 0 spiro atoms. The summed E-state index contributed by atoms with van der Waals surface area (Å²) in [7, 11) is 3.84. The average molecular weight is 248 g/mol. The van der Waals surface area contributed by atoms with Crippen molar-refractivity contribution in [3.8, 4) is 5.75 Å². The molecule has 0 radical (unpaired) electrons. The van der Waals surface area contributed by atoms with Crippen molar-refractivity contribution < 1.29 is 4.74 Å². The highest BCUT2D eigenvalue weighted by Crippen LogP contribution is 2.39. The Labute approximate surface area is 110 Å². The number of ether oxygens (including phenoxy) is 1. The summed E-state index contributed by atoms with van der Waals surface area (Å²) in [5, 5.41) is 0. The van der Waals surface area contributed by atoms with Crippen molar-refractivity contribution in [1.29, 1.82) is 0 Å². The zero-order chi connectivity index (χ0) is 13.2. The molecule has 0 saturated heterocycles. The van der Waals surface area contributed by atoms with Gasteiger partial charge in [-0.25, -0.2) is 0 Å². The highest BCUT2D eigenvalue weighted by molar-refractivity contribution is 5.58. The largest absolute Gasteiger partial charge is 0.495 e. The topological polar surface area (TPSA) is 38.5 Å². The second-order valence-electron chi connectivity index (χ2n) is 5.68. The van der Waals surface area contributed by atoms with Gasteiger partial charge in [0.2, 0.25) is 0 Å². The van der Waals surface area contributed by atoms with Crippen LogP contribution in [-0.2, 0) is 0 Å². The van der Waals surface area contributed by atoms with E-state index in [-0.39, 0.29) is 5.41 Å². The van der Waals surface area contributed by atoms with E-state index in [4.69, 9.17) is 10.5 Å². The molecule has 18 heavy (non-hydrogen) atoms. The van der Waals surface area contributed by atoms with E-state index in [1.54, 1.807) is 7.11 Å². The predicted octanol–water partition coefficient (Wildman–Crippen LogP) is 2.65. The van der Waals surface area contributed by atoms with E-state index in [1.807, 2.05) is 18.2 Å². The van der Waals surface area contributed by atoms with Crippen LogP contribution in [0.25, 0.3) is 0 Å². The monoisotopic (exact) mass is 248 g/mol. The molecule has 3 nitrogen and oxygen atoms in total. The molecule has 0 heterocycles. The number of rotatable bonds is 4. The van der Waals surface area contributed by atoms with Gasteiger partial charge < -0.3 is 15.4 Å². The van der Waals surface area contributed by atoms with Gasteiger partial charge in [-0.2, -0.15) is 0 Å².